The predicted molar refractivity (Wildman–Crippen MR) is 31.3 cm³/mol. The second kappa shape index (κ2) is 4.49. The van der Waals surface area contributed by atoms with Gasteiger partial charge in [-0.05, 0) is 0 Å². The van der Waals surface area contributed by atoms with Crippen LogP contribution in [-0.4, -0.2) is 29.8 Å². The van der Waals surface area contributed by atoms with Gasteiger partial charge in [0, 0.05) is 0 Å². The van der Waals surface area contributed by atoms with Crippen LogP contribution in [0, 0.1) is 0 Å². The number of carbonyl (C=O) groups is 3. The third-order valence-corrected chi connectivity index (χ3v) is 0.694. The minimum Gasteiger partial charge on any atom is -0.481 e. The molecule has 0 aliphatic carbocycles. The van der Waals surface area contributed by atoms with Crippen molar-refractivity contribution in [2.45, 2.75) is 6.42 Å². The number of aldehydes is 1. The van der Waals surface area contributed by atoms with E-state index in [0.29, 0.717) is 6.29 Å². The van der Waals surface area contributed by atoms with Gasteiger partial charge in [-0.1, -0.05) is 0 Å². The minimum atomic E-state index is -1.21. The number of carbonyl (C=O) groups excluding carboxylic acids is 2. The van der Waals surface area contributed by atoms with Crippen LogP contribution in [0.1, 0.15) is 6.42 Å². The summed E-state index contributed by atoms with van der Waals surface area (Å²) in [5.41, 5.74) is 0. The molecule has 5 nitrogen and oxygen atoms in total. The summed E-state index contributed by atoms with van der Waals surface area (Å²) >= 11 is 0. The van der Waals surface area contributed by atoms with Crippen LogP contribution >= 0.6 is 0 Å². The van der Waals surface area contributed by atoms with Crippen LogP contribution in [0.3, 0.4) is 0 Å². The molecular weight excluding hydrogens is 138 g/mol. The molecule has 0 saturated carbocycles. The number of rotatable bonds is 4. The highest BCUT2D eigenvalue weighted by molar-refractivity contribution is 5.93. The summed E-state index contributed by atoms with van der Waals surface area (Å²) in [5.74, 6) is -1.86. The van der Waals surface area contributed by atoms with Gasteiger partial charge < -0.3 is 15.2 Å². The highest BCUT2D eigenvalue weighted by Gasteiger charge is 2.04. The average Bonchev–Trinajstić information content (AvgIpc) is 1.82. The SMILES string of the molecule is O=CCNC(=O)CC(=O)O. The van der Waals surface area contributed by atoms with Crippen LogP contribution in [0.4, 0.5) is 0 Å². The molecule has 1 amide bonds. The van der Waals surface area contributed by atoms with Gasteiger partial charge >= 0.3 is 5.97 Å². The summed E-state index contributed by atoms with van der Waals surface area (Å²) < 4.78 is 0. The molecule has 56 valence electrons. The van der Waals surface area contributed by atoms with E-state index in [1.165, 1.54) is 0 Å². The first kappa shape index (κ1) is 8.61. The Labute approximate surface area is 57.0 Å². The Balaban J connectivity index is 3.43. The summed E-state index contributed by atoms with van der Waals surface area (Å²) in [6, 6.07) is 0. The maximum atomic E-state index is 10.4. The number of hydrogen-bond acceptors (Lipinski definition) is 3. The van der Waals surface area contributed by atoms with E-state index in [-0.39, 0.29) is 6.54 Å². The molecule has 5 heteroatoms. The van der Waals surface area contributed by atoms with Crippen LogP contribution < -0.4 is 5.32 Å². The first-order valence-electron chi connectivity index (χ1n) is 2.59. The molecule has 0 fully saturated rings. The van der Waals surface area contributed by atoms with Crippen molar-refractivity contribution >= 4 is 18.2 Å². The Morgan fingerprint density at radius 1 is 1.50 bits per heavy atom. The Morgan fingerprint density at radius 2 is 2.10 bits per heavy atom. The lowest BCUT2D eigenvalue weighted by Crippen LogP contribution is -2.26. The lowest BCUT2D eigenvalue weighted by Gasteiger charge is -1.94. The number of hydrogen-bond donors (Lipinski definition) is 2. The standard InChI is InChI=1S/C5H7NO4/c7-2-1-6-4(8)3-5(9)10/h2H,1,3H2,(H,6,8)(H,9,10). The second-order valence-corrected chi connectivity index (χ2v) is 1.54. The third-order valence-electron chi connectivity index (χ3n) is 0.694. The topological polar surface area (TPSA) is 83.5 Å². The minimum absolute atomic E-state index is 0.133. The van der Waals surface area contributed by atoms with Crippen molar-refractivity contribution in [3.63, 3.8) is 0 Å². The van der Waals surface area contributed by atoms with Crippen LogP contribution in [0.15, 0.2) is 0 Å². The Hall–Kier alpha value is -1.39. The van der Waals surface area contributed by atoms with Gasteiger partial charge in [0.2, 0.25) is 5.91 Å². The molecule has 0 heterocycles. The van der Waals surface area contributed by atoms with Gasteiger partial charge in [-0.15, -0.1) is 0 Å². The van der Waals surface area contributed by atoms with E-state index in [9.17, 15) is 14.4 Å². The summed E-state index contributed by atoms with van der Waals surface area (Å²) in [4.78, 5) is 29.8. The van der Waals surface area contributed by atoms with Crippen LogP contribution in [0.25, 0.3) is 0 Å². The smallest absolute Gasteiger partial charge is 0.312 e. The maximum absolute atomic E-state index is 10.4. The number of carboxylic acid groups (broad SMARTS) is 1. The summed E-state index contributed by atoms with van der Waals surface area (Å²) in [6.45, 7) is -0.133. The zero-order valence-electron chi connectivity index (χ0n) is 5.16. The van der Waals surface area contributed by atoms with E-state index in [1.807, 2.05) is 0 Å². The zero-order chi connectivity index (χ0) is 7.98. The Bertz CT molecular complexity index is 154. The Kier molecular flexibility index (Phi) is 3.86. The highest BCUT2D eigenvalue weighted by Crippen LogP contribution is 1.76. The van der Waals surface area contributed by atoms with Gasteiger partial charge in [0.15, 0.2) is 0 Å². The molecule has 0 radical (unpaired) electrons. The third kappa shape index (κ3) is 4.76. The van der Waals surface area contributed by atoms with Crippen molar-refractivity contribution in [1.82, 2.24) is 5.32 Å². The zero-order valence-corrected chi connectivity index (χ0v) is 5.16. The summed E-state index contributed by atoms with van der Waals surface area (Å²) in [7, 11) is 0. The monoisotopic (exact) mass is 145 g/mol. The molecule has 0 aliphatic heterocycles. The largest absolute Gasteiger partial charge is 0.481 e. The van der Waals surface area contributed by atoms with Crippen molar-refractivity contribution in [1.29, 1.82) is 0 Å². The van der Waals surface area contributed by atoms with Crippen molar-refractivity contribution in [3.05, 3.63) is 0 Å². The van der Waals surface area contributed by atoms with E-state index >= 15 is 0 Å². The Morgan fingerprint density at radius 3 is 2.50 bits per heavy atom. The summed E-state index contributed by atoms with van der Waals surface area (Å²) in [5, 5.41) is 10.1. The fraction of sp³-hybridized carbons (Fsp3) is 0.400. The second-order valence-electron chi connectivity index (χ2n) is 1.54. The van der Waals surface area contributed by atoms with Gasteiger partial charge in [0.25, 0.3) is 0 Å². The maximum Gasteiger partial charge on any atom is 0.312 e. The fourth-order valence-electron chi connectivity index (χ4n) is 0.355. The molecule has 0 aromatic carbocycles. The predicted octanol–water partition coefficient (Wildman–Crippen LogP) is -1.22. The normalized spacial score (nSPS) is 8.40. The van der Waals surface area contributed by atoms with Gasteiger partial charge in [0.05, 0.1) is 6.54 Å². The van der Waals surface area contributed by atoms with E-state index < -0.39 is 18.3 Å². The number of nitrogens with one attached hydrogen (secondary N) is 1. The van der Waals surface area contributed by atoms with E-state index in [0.717, 1.165) is 0 Å². The molecular formula is C5H7NO4. The van der Waals surface area contributed by atoms with Crippen LogP contribution in [0.2, 0.25) is 0 Å². The van der Waals surface area contributed by atoms with Crippen molar-refractivity contribution < 1.29 is 19.5 Å². The molecule has 10 heavy (non-hydrogen) atoms. The lowest BCUT2D eigenvalue weighted by atomic mass is 10.4. The highest BCUT2D eigenvalue weighted by atomic mass is 16.4. The first-order valence-corrected chi connectivity index (χ1v) is 2.59. The van der Waals surface area contributed by atoms with Crippen LogP contribution in [0.5, 0.6) is 0 Å². The molecule has 2 N–H and O–H groups in total. The number of aliphatic carboxylic acids is 1. The molecule has 0 aromatic heterocycles. The van der Waals surface area contributed by atoms with E-state index in [1.54, 1.807) is 0 Å². The summed E-state index contributed by atoms with van der Waals surface area (Å²) in [6.07, 6.45) is -0.104. The molecule has 0 bridgehead atoms. The lowest BCUT2D eigenvalue weighted by molar-refractivity contribution is -0.140. The molecule has 0 spiro atoms. The molecule has 0 aliphatic rings. The van der Waals surface area contributed by atoms with Crippen molar-refractivity contribution in [2.75, 3.05) is 6.54 Å². The van der Waals surface area contributed by atoms with Gasteiger partial charge in [0.1, 0.15) is 12.7 Å². The number of carboxylic acids is 1. The quantitative estimate of drug-likeness (QED) is 0.383. The average molecular weight is 145 g/mol. The molecule has 0 atom stereocenters. The first-order chi connectivity index (χ1) is 4.66. The van der Waals surface area contributed by atoms with Crippen LogP contribution in [-0.2, 0) is 14.4 Å². The molecule has 0 saturated heterocycles. The van der Waals surface area contributed by atoms with Crippen molar-refractivity contribution in [3.8, 4) is 0 Å². The fourth-order valence-corrected chi connectivity index (χ4v) is 0.355. The molecule has 0 aromatic rings. The molecule has 0 rings (SSSR count). The van der Waals surface area contributed by atoms with Gasteiger partial charge in [-0.2, -0.15) is 0 Å². The number of amides is 1. The van der Waals surface area contributed by atoms with Gasteiger partial charge in [-0.3, -0.25) is 9.59 Å². The molecule has 0 unspecified atom stereocenters. The van der Waals surface area contributed by atoms with E-state index in [2.05, 4.69) is 5.32 Å². The van der Waals surface area contributed by atoms with Gasteiger partial charge in [-0.25, -0.2) is 0 Å². The van der Waals surface area contributed by atoms with E-state index in [4.69, 9.17) is 5.11 Å². The van der Waals surface area contributed by atoms with Crippen molar-refractivity contribution in [2.24, 2.45) is 0 Å².